The zero-order valence-corrected chi connectivity index (χ0v) is 13.3. The number of aromatic nitrogens is 2. The number of nitriles is 1. The summed E-state index contributed by atoms with van der Waals surface area (Å²) in [6, 6.07) is 7.64. The van der Waals surface area contributed by atoms with Crippen molar-refractivity contribution in [2.24, 2.45) is 0 Å². The fourth-order valence-corrected chi connectivity index (χ4v) is 3.24. The second-order valence-electron chi connectivity index (χ2n) is 5.23. The number of carboxylic acid groups (broad SMARTS) is 1. The van der Waals surface area contributed by atoms with E-state index in [1.165, 1.54) is 28.4 Å². The van der Waals surface area contributed by atoms with Gasteiger partial charge >= 0.3 is 5.97 Å². The molecule has 2 aromatic heterocycles. The highest BCUT2D eigenvalue weighted by atomic mass is 32.1. The summed E-state index contributed by atoms with van der Waals surface area (Å²) in [5, 5.41) is 24.0. The molecule has 0 aliphatic rings. The lowest BCUT2D eigenvalue weighted by Crippen LogP contribution is -2.05. The molecule has 0 fully saturated rings. The molecule has 1 N–H and O–H groups in total. The van der Waals surface area contributed by atoms with Gasteiger partial charge in [0.1, 0.15) is 16.8 Å². The minimum Gasteiger partial charge on any atom is -0.491 e. The molecule has 0 unspecified atom stereocenters. The normalized spacial score (nSPS) is 10.9. The zero-order valence-electron chi connectivity index (χ0n) is 12.5. The lowest BCUT2D eigenvalue weighted by atomic mass is 10.1. The number of hydrogen-bond acceptors (Lipinski definition) is 5. The van der Waals surface area contributed by atoms with E-state index in [9.17, 15) is 10.1 Å². The van der Waals surface area contributed by atoms with Crippen LogP contribution >= 0.6 is 11.3 Å². The lowest BCUT2D eigenvalue weighted by Gasteiger charge is -2.09. The molecule has 0 bridgehead atoms. The van der Waals surface area contributed by atoms with Crippen molar-refractivity contribution in [2.45, 2.75) is 20.0 Å². The fraction of sp³-hybridized carbons (Fsp3) is 0.188. The Morgan fingerprint density at radius 3 is 2.83 bits per heavy atom. The summed E-state index contributed by atoms with van der Waals surface area (Å²) < 4.78 is 7.99. The van der Waals surface area contributed by atoms with E-state index in [1.807, 2.05) is 26.0 Å². The largest absolute Gasteiger partial charge is 0.491 e. The van der Waals surface area contributed by atoms with E-state index in [-0.39, 0.29) is 11.7 Å². The summed E-state index contributed by atoms with van der Waals surface area (Å²) in [5.74, 6) is -0.386. The molecule has 0 saturated heterocycles. The topological polar surface area (TPSA) is 88.1 Å². The van der Waals surface area contributed by atoms with Crippen LogP contribution in [0.25, 0.3) is 15.1 Å². The standard InChI is InChI=1S/C16H13N3O3S/c1-9(2)22-13-3-10-5-14(23-15(10)11(4-13)6-17)19-8-12(7-18-19)16(20)21/h3-5,7-9H,1-2H3,(H,20,21). The smallest absolute Gasteiger partial charge is 0.338 e. The van der Waals surface area contributed by atoms with Crippen molar-refractivity contribution in [3.05, 3.63) is 41.7 Å². The first-order chi connectivity index (χ1) is 11.0. The first-order valence-corrected chi connectivity index (χ1v) is 7.72. The van der Waals surface area contributed by atoms with E-state index in [0.29, 0.717) is 11.3 Å². The Labute approximate surface area is 136 Å². The SMILES string of the molecule is CC(C)Oc1cc(C#N)c2sc(-n3cc(C(=O)O)cn3)cc2c1. The van der Waals surface area contributed by atoms with Gasteiger partial charge in [-0.15, -0.1) is 11.3 Å². The van der Waals surface area contributed by atoms with E-state index in [2.05, 4.69) is 11.2 Å². The zero-order chi connectivity index (χ0) is 16.6. The van der Waals surface area contributed by atoms with Crippen LogP contribution in [0.2, 0.25) is 0 Å². The van der Waals surface area contributed by atoms with E-state index >= 15 is 0 Å². The van der Waals surface area contributed by atoms with Crippen molar-refractivity contribution >= 4 is 27.4 Å². The van der Waals surface area contributed by atoms with Crippen molar-refractivity contribution in [3.63, 3.8) is 0 Å². The Balaban J connectivity index is 2.10. The molecule has 6 nitrogen and oxygen atoms in total. The Kier molecular flexibility index (Phi) is 3.76. The molecular weight excluding hydrogens is 314 g/mol. The van der Waals surface area contributed by atoms with Crippen molar-refractivity contribution < 1.29 is 14.6 Å². The number of aromatic carboxylic acids is 1. The third-order valence-corrected chi connectivity index (χ3v) is 4.30. The highest BCUT2D eigenvalue weighted by Gasteiger charge is 2.13. The minimum atomic E-state index is -1.03. The van der Waals surface area contributed by atoms with Gasteiger partial charge in [0, 0.05) is 6.20 Å². The maximum Gasteiger partial charge on any atom is 0.338 e. The van der Waals surface area contributed by atoms with E-state index in [4.69, 9.17) is 9.84 Å². The molecule has 0 aliphatic heterocycles. The van der Waals surface area contributed by atoms with Gasteiger partial charge in [0.25, 0.3) is 0 Å². The fourth-order valence-electron chi connectivity index (χ4n) is 2.20. The van der Waals surface area contributed by atoms with Crippen LogP contribution in [-0.2, 0) is 0 Å². The third-order valence-electron chi connectivity index (χ3n) is 3.12. The van der Waals surface area contributed by atoms with Gasteiger partial charge in [-0.25, -0.2) is 9.48 Å². The van der Waals surface area contributed by atoms with Gasteiger partial charge in [0.2, 0.25) is 0 Å². The van der Waals surface area contributed by atoms with Crippen LogP contribution < -0.4 is 4.74 Å². The van der Waals surface area contributed by atoms with Gasteiger partial charge in [-0.05, 0) is 37.4 Å². The number of nitrogens with zero attached hydrogens (tertiary/aromatic N) is 3. The first kappa shape index (κ1) is 15.1. The van der Waals surface area contributed by atoms with Crippen molar-refractivity contribution in [1.82, 2.24) is 9.78 Å². The summed E-state index contributed by atoms with van der Waals surface area (Å²) in [6.45, 7) is 3.85. The maximum absolute atomic E-state index is 11.0. The second kappa shape index (κ2) is 5.74. The third kappa shape index (κ3) is 2.89. The number of carbonyl (C=O) groups is 1. The number of ether oxygens (including phenoxy) is 1. The van der Waals surface area contributed by atoms with Crippen LogP contribution in [0.1, 0.15) is 29.8 Å². The van der Waals surface area contributed by atoms with E-state index in [1.54, 1.807) is 6.07 Å². The summed E-state index contributed by atoms with van der Waals surface area (Å²) in [5.41, 5.74) is 0.645. The molecule has 3 aromatic rings. The number of rotatable bonds is 4. The molecule has 1 aromatic carbocycles. The predicted molar refractivity (Wildman–Crippen MR) is 86.4 cm³/mol. The van der Waals surface area contributed by atoms with Gasteiger partial charge in [0.05, 0.1) is 28.1 Å². The molecule has 0 amide bonds. The first-order valence-electron chi connectivity index (χ1n) is 6.90. The molecule has 0 saturated carbocycles. The van der Waals surface area contributed by atoms with Crippen molar-refractivity contribution in [3.8, 4) is 16.8 Å². The van der Waals surface area contributed by atoms with Crippen LogP contribution in [-0.4, -0.2) is 27.0 Å². The van der Waals surface area contributed by atoms with Gasteiger partial charge in [-0.2, -0.15) is 10.4 Å². The quantitative estimate of drug-likeness (QED) is 0.793. The molecule has 0 spiro atoms. The minimum absolute atomic E-state index is 0.0151. The van der Waals surface area contributed by atoms with Crippen LogP contribution in [0.5, 0.6) is 5.75 Å². The van der Waals surface area contributed by atoms with Crippen LogP contribution in [0.3, 0.4) is 0 Å². The summed E-state index contributed by atoms with van der Waals surface area (Å²) >= 11 is 1.38. The van der Waals surface area contributed by atoms with Crippen molar-refractivity contribution in [2.75, 3.05) is 0 Å². The highest BCUT2D eigenvalue weighted by molar-refractivity contribution is 7.21. The van der Waals surface area contributed by atoms with Gasteiger partial charge in [-0.1, -0.05) is 0 Å². The Hall–Kier alpha value is -2.85. The average Bonchev–Trinajstić information content (AvgIpc) is 3.11. The lowest BCUT2D eigenvalue weighted by molar-refractivity contribution is 0.0697. The number of benzene rings is 1. The molecule has 0 aliphatic carbocycles. The van der Waals surface area contributed by atoms with Crippen LogP contribution in [0.15, 0.2) is 30.6 Å². The van der Waals surface area contributed by atoms with Gasteiger partial charge in [0.15, 0.2) is 0 Å². The second-order valence-corrected chi connectivity index (χ2v) is 6.26. The Morgan fingerprint density at radius 2 is 2.22 bits per heavy atom. The van der Waals surface area contributed by atoms with Crippen molar-refractivity contribution in [1.29, 1.82) is 5.26 Å². The molecule has 0 radical (unpaired) electrons. The molecule has 0 atom stereocenters. The number of hydrogen-bond donors (Lipinski definition) is 1. The Morgan fingerprint density at radius 1 is 1.43 bits per heavy atom. The molecule has 7 heteroatoms. The van der Waals surface area contributed by atoms with E-state index in [0.717, 1.165) is 15.1 Å². The molecule has 116 valence electrons. The molecule has 2 heterocycles. The van der Waals surface area contributed by atoms with E-state index < -0.39 is 5.97 Å². The van der Waals surface area contributed by atoms with Gasteiger partial charge in [-0.3, -0.25) is 0 Å². The maximum atomic E-state index is 11.0. The predicted octanol–water partition coefficient (Wildman–Crippen LogP) is 3.44. The Bertz CT molecular complexity index is 934. The van der Waals surface area contributed by atoms with Crippen LogP contribution in [0.4, 0.5) is 0 Å². The monoisotopic (exact) mass is 327 g/mol. The van der Waals surface area contributed by atoms with Gasteiger partial charge < -0.3 is 9.84 Å². The number of thiophene rings is 1. The summed E-state index contributed by atoms with van der Waals surface area (Å²) in [4.78, 5) is 11.0. The summed E-state index contributed by atoms with van der Waals surface area (Å²) in [6.07, 6.45) is 2.76. The molecular formula is C16H13N3O3S. The molecule has 23 heavy (non-hydrogen) atoms. The summed E-state index contributed by atoms with van der Waals surface area (Å²) in [7, 11) is 0. The number of fused-ring (bicyclic) bond motifs is 1. The highest BCUT2D eigenvalue weighted by Crippen LogP contribution is 2.34. The van der Waals surface area contributed by atoms with Crippen LogP contribution in [0, 0.1) is 11.3 Å². The molecule has 3 rings (SSSR count). The number of carboxylic acids is 1. The average molecular weight is 327 g/mol.